The van der Waals surface area contributed by atoms with E-state index in [0.29, 0.717) is 13.0 Å². The summed E-state index contributed by atoms with van der Waals surface area (Å²) in [5.41, 5.74) is 0.965. The van der Waals surface area contributed by atoms with Gasteiger partial charge in [-0.25, -0.2) is 8.42 Å². The Morgan fingerprint density at radius 3 is 2.60 bits per heavy atom. The molecule has 25 heavy (non-hydrogen) atoms. The Morgan fingerprint density at radius 2 is 2.00 bits per heavy atom. The average Bonchev–Trinajstić information content (AvgIpc) is 3.22. The van der Waals surface area contributed by atoms with Gasteiger partial charge in [0.1, 0.15) is 0 Å². The average molecular weight is 366 g/mol. The maximum Gasteiger partial charge on any atom is 0.242 e. The highest BCUT2D eigenvalue weighted by Gasteiger charge is 2.36. The van der Waals surface area contributed by atoms with Crippen LogP contribution in [0.3, 0.4) is 0 Å². The normalized spacial score (nSPS) is 25.0. The molecule has 2 atom stereocenters. The minimum atomic E-state index is -3.04. The number of para-hydroxylation sites is 1. The molecule has 7 heteroatoms. The highest BCUT2D eigenvalue weighted by Crippen LogP contribution is 2.22. The second kappa shape index (κ2) is 7.74. The van der Waals surface area contributed by atoms with Crippen LogP contribution in [-0.4, -0.2) is 69.6 Å². The third-order valence-corrected chi connectivity index (χ3v) is 6.71. The lowest BCUT2D eigenvalue weighted by atomic mass is 10.1. The van der Waals surface area contributed by atoms with Gasteiger partial charge < -0.3 is 14.5 Å². The highest BCUT2D eigenvalue weighted by atomic mass is 32.2. The zero-order chi connectivity index (χ0) is 17.9. The summed E-state index contributed by atoms with van der Waals surface area (Å²) in [5.74, 6) is 0.200. The molecule has 0 saturated carbocycles. The van der Waals surface area contributed by atoms with Crippen LogP contribution in [0.25, 0.3) is 0 Å². The number of carbonyl (C=O) groups excluding carboxylic acids is 1. The minimum Gasteiger partial charge on any atom is -0.376 e. The number of likely N-dealkylation sites (N-methyl/N-ethyl adjacent to an activating group) is 1. The van der Waals surface area contributed by atoms with Gasteiger partial charge in [0.2, 0.25) is 5.91 Å². The maximum absolute atomic E-state index is 12.9. The number of anilines is 1. The molecule has 2 aliphatic heterocycles. The van der Waals surface area contributed by atoms with Gasteiger partial charge in [-0.2, -0.15) is 0 Å². The number of carbonyl (C=O) groups is 1. The van der Waals surface area contributed by atoms with Crippen molar-refractivity contribution in [1.82, 2.24) is 4.90 Å². The van der Waals surface area contributed by atoms with Gasteiger partial charge in [-0.1, -0.05) is 18.2 Å². The fraction of sp³-hybridized carbons (Fsp3) is 0.611. The first-order chi connectivity index (χ1) is 11.9. The molecular formula is C18H26N2O4S. The summed E-state index contributed by atoms with van der Waals surface area (Å²) in [5, 5.41) is 0. The first kappa shape index (κ1) is 18.2. The summed E-state index contributed by atoms with van der Waals surface area (Å²) in [7, 11) is -1.16. The van der Waals surface area contributed by atoms with Crippen molar-refractivity contribution in [2.24, 2.45) is 0 Å². The molecule has 2 heterocycles. The van der Waals surface area contributed by atoms with Crippen molar-refractivity contribution in [2.75, 3.05) is 43.1 Å². The van der Waals surface area contributed by atoms with E-state index in [9.17, 15) is 13.2 Å². The predicted octanol–water partition coefficient (Wildman–Crippen LogP) is 1.32. The Kier molecular flexibility index (Phi) is 5.64. The molecule has 2 unspecified atom stereocenters. The fourth-order valence-corrected chi connectivity index (χ4v) is 5.28. The molecule has 0 aliphatic carbocycles. The number of hydrogen-bond acceptors (Lipinski definition) is 5. The van der Waals surface area contributed by atoms with Crippen molar-refractivity contribution in [3.05, 3.63) is 30.3 Å². The smallest absolute Gasteiger partial charge is 0.242 e. The molecule has 0 aromatic heterocycles. The Morgan fingerprint density at radius 1 is 1.24 bits per heavy atom. The lowest BCUT2D eigenvalue weighted by Gasteiger charge is -2.32. The molecule has 3 rings (SSSR count). The van der Waals surface area contributed by atoms with E-state index >= 15 is 0 Å². The van der Waals surface area contributed by atoms with Crippen LogP contribution >= 0.6 is 0 Å². The SMILES string of the molecule is CN(CC(=O)N(CC1CCCO1)C1CCS(=O)(=O)C1)c1ccccc1. The topological polar surface area (TPSA) is 66.9 Å². The van der Waals surface area contributed by atoms with Crippen LogP contribution in [0.1, 0.15) is 19.3 Å². The first-order valence-electron chi connectivity index (χ1n) is 8.82. The Hall–Kier alpha value is -1.60. The second-order valence-electron chi connectivity index (χ2n) is 6.93. The largest absolute Gasteiger partial charge is 0.376 e. The lowest BCUT2D eigenvalue weighted by Crippen LogP contribution is -2.48. The third-order valence-electron chi connectivity index (χ3n) is 4.96. The molecule has 1 aromatic rings. The van der Waals surface area contributed by atoms with Crippen LogP contribution < -0.4 is 4.90 Å². The molecule has 2 fully saturated rings. The summed E-state index contributed by atoms with van der Waals surface area (Å²) < 4.78 is 29.4. The Labute approximate surface area is 149 Å². The Bertz CT molecular complexity index is 686. The molecule has 1 amide bonds. The van der Waals surface area contributed by atoms with E-state index in [4.69, 9.17) is 4.74 Å². The van der Waals surface area contributed by atoms with Gasteiger partial charge in [0.25, 0.3) is 0 Å². The third kappa shape index (κ3) is 4.73. The van der Waals surface area contributed by atoms with E-state index in [1.165, 1.54) is 0 Å². The minimum absolute atomic E-state index is 0.0225. The second-order valence-corrected chi connectivity index (χ2v) is 9.16. The van der Waals surface area contributed by atoms with E-state index in [0.717, 1.165) is 25.1 Å². The predicted molar refractivity (Wildman–Crippen MR) is 97.5 cm³/mol. The van der Waals surface area contributed by atoms with Crippen molar-refractivity contribution < 1.29 is 17.9 Å². The van der Waals surface area contributed by atoms with Gasteiger partial charge in [0.05, 0.1) is 24.2 Å². The summed E-state index contributed by atoms with van der Waals surface area (Å²) in [6.45, 7) is 1.44. The number of ether oxygens (including phenoxy) is 1. The zero-order valence-electron chi connectivity index (χ0n) is 14.6. The van der Waals surface area contributed by atoms with E-state index in [1.807, 2.05) is 42.3 Å². The molecule has 138 valence electrons. The van der Waals surface area contributed by atoms with E-state index in [2.05, 4.69) is 0 Å². The number of nitrogens with zero attached hydrogens (tertiary/aromatic N) is 2. The molecule has 6 nitrogen and oxygen atoms in total. The van der Waals surface area contributed by atoms with Crippen LogP contribution in [0.15, 0.2) is 30.3 Å². The summed E-state index contributed by atoms with van der Waals surface area (Å²) in [4.78, 5) is 16.6. The van der Waals surface area contributed by atoms with Crippen molar-refractivity contribution >= 4 is 21.4 Å². The highest BCUT2D eigenvalue weighted by molar-refractivity contribution is 7.91. The van der Waals surface area contributed by atoms with E-state index in [1.54, 1.807) is 4.90 Å². The van der Waals surface area contributed by atoms with Gasteiger partial charge in [-0.15, -0.1) is 0 Å². The standard InChI is InChI=1S/C18H26N2O4S/c1-19(15-6-3-2-4-7-15)13-18(21)20(12-17-8-5-10-24-17)16-9-11-25(22,23)14-16/h2-4,6-7,16-17H,5,8-14H2,1H3. The van der Waals surface area contributed by atoms with Crippen LogP contribution in [0, 0.1) is 0 Å². The van der Waals surface area contributed by atoms with Crippen LogP contribution in [0.5, 0.6) is 0 Å². The van der Waals surface area contributed by atoms with E-state index < -0.39 is 9.84 Å². The van der Waals surface area contributed by atoms with Gasteiger partial charge >= 0.3 is 0 Å². The maximum atomic E-state index is 12.9. The quantitative estimate of drug-likeness (QED) is 0.760. The van der Waals surface area contributed by atoms with Crippen molar-refractivity contribution in [3.8, 4) is 0 Å². The number of hydrogen-bond donors (Lipinski definition) is 0. The van der Waals surface area contributed by atoms with Gasteiger partial charge in [0.15, 0.2) is 9.84 Å². The first-order valence-corrected chi connectivity index (χ1v) is 10.6. The number of amides is 1. The van der Waals surface area contributed by atoms with Gasteiger partial charge in [-0.3, -0.25) is 4.79 Å². The van der Waals surface area contributed by atoms with Crippen molar-refractivity contribution in [2.45, 2.75) is 31.4 Å². The van der Waals surface area contributed by atoms with Crippen LogP contribution in [0.2, 0.25) is 0 Å². The van der Waals surface area contributed by atoms with Crippen LogP contribution in [-0.2, 0) is 19.4 Å². The fourth-order valence-electron chi connectivity index (χ4n) is 3.55. The molecular weight excluding hydrogens is 340 g/mol. The number of benzene rings is 1. The number of sulfone groups is 1. The van der Waals surface area contributed by atoms with Gasteiger partial charge in [-0.05, 0) is 31.4 Å². The molecule has 0 N–H and O–H groups in total. The molecule has 2 aliphatic rings. The summed E-state index contributed by atoms with van der Waals surface area (Å²) in [6.07, 6.45) is 2.47. The molecule has 0 bridgehead atoms. The van der Waals surface area contributed by atoms with Crippen molar-refractivity contribution in [1.29, 1.82) is 0 Å². The Balaban J connectivity index is 1.70. The van der Waals surface area contributed by atoms with Crippen LogP contribution in [0.4, 0.5) is 5.69 Å². The lowest BCUT2D eigenvalue weighted by molar-refractivity contribution is -0.133. The monoisotopic (exact) mass is 366 g/mol. The molecule has 1 aromatic carbocycles. The van der Waals surface area contributed by atoms with Gasteiger partial charge in [0, 0.05) is 31.9 Å². The van der Waals surface area contributed by atoms with Crippen molar-refractivity contribution in [3.63, 3.8) is 0 Å². The number of rotatable bonds is 6. The molecule has 0 spiro atoms. The summed E-state index contributed by atoms with van der Waals surface area (Å²) in [6, 6.07) is 9.49. The molecule has 2 saturated heterocycles. The van der Waals surface area contributed by atoms with E-state index in [-0.39, 0.29) is 36.1 Å². The summed E-state index contributed by atoms with van der Waals surface area (Å²) >= 11 is 0. The zero-order valence-corrected chi connectivity index (χ0v) is 15.5. The molecule has 0 radical (unpaired) electrons.